The molecule has 1 aromatic carbocycles. The third kappa shape index (κ3) is 4.45. The predicted octanol–water partition coefficient (Wildman–Crippen LogP) is 1.96. The summed E-state index contributed by atoms with van der Waals surface area (Å²) in [4.78, 5) is 25.8. The van der Waals surface area contributed by atoms with Crippen LogP contribution < -0.4 is 15.5 Å². The maximum Gasteiger partial charge on any atom is 0.251 e. The van der Waals surface area contributed by atoms with E-state index in [1.165, 1.54) is 6.42 Å². The molecule has 0 aromatic heterocycles. The SMILES string of the molecule is Cl.O=C(NCCC1CCNC1)c1cccc(N2CCCC2=O)c1. The lowest BCUT2D eigenvalue weighted by atomic mass is 10.1. The highest BCUT2D eigenvalue weighted by atomic mass is 35.5. The van der Waals surface area contributed by atoms with Crippen molar-refractivity contribution in [3.8, 4) is 0 Å². The van der Waals surface area contributed by atoms with Crippen LogP contribution in [0.3, 0.4) is 0 Å². The molecular weight excluding hydrogens is 314 g/mol. The van der Waals surface area contributed by atoms with Crippen LogP contribution in [0.1, 0.15) is 36.0 Å². The van der Waals surface area contributed by atoms with Crippen molar-refractivity contribution in [2.75, 3.05) is 31.1 Å². The Hall–Kier alpha value is -1.59. The number of nitrogens with one attached hydrogen (secondary N) is 2. The van der Waals surface area contributed by atoms with Gasteiger partial charge in [-0.15, -0.1) is 12.4 Å². The normalized spacial score (nSPS) is 20.4. The molecule has 2 fully saturated rings. The molecule has 0 radical (unpaired) electrons. The number of hydrogen-bond donors (Lipinski definition) is 2. The van der Waals surface area contributed by atoms with Crippen molar-refractivity contribution in [3.63, 3.8) is 0 Å². The molecule has 1 atom stereocenters. The molecule has 2 aliphatic heterocycles. The van der Waals surface area contributed by atoms with Gasteiger partial charge in [0, 0.05) is 30.8 Å². The van der Waals surface area contributed by atoms with Crippen LogP contribution >= 0.6 is 12.4 Å². The maximum absolute atomic E-state index is 12.2. The minimum Gasteiger partial charge on any atom is -0.352 e. The van der Waals surface area contributed by atoms with Gasteiger partial charge in [-0.05, 0) is 56.5 Å². The zero-order chi connectivity index (χ0) is 15.4. The Balaban J connectivity index is 0.00000192. The van der Waals surface area contributed by atoms with Crippen molar-refractivity contribution in [1.82, 2.24) is 10.6 Å². The maximum atomic E-state index is 12.2. The molecule has 1 unspecified atom stereocenters. The Morgan fingerprint density at radius 1 is 1.39 bits per heavy atom. The van der Waals surface area contributed by atoms with Crippen LogP contribution in [0, 0.1) is 5.92 Å². The number of amides is 2. The molecule has 2 saturated heterocycles. The summed E-state index contributed by atoms with van der Waals surface area (Å²) in [5.41, 5.74) is 1.46. The first-order valence-electron chi connectivity index (χ1n) is 8.13. The molecule has 0 saturated carbocycles. The van der Waals surface area contributed by atoms with Gasteiger partial charge in [-0.2, -0.15) is 0 Å². The van der Waals surface area contributed by atoms with E-state index in [9.17, 15) is 9.59 Å². The fourth-order valence-electron chi connectivity index (χ4n) is 3.19. The molecule has 0 aliphatic carbocycles. The largest absolute Gasteiger partial charge is 0.352 e. The topological polar surface area (TPSA) is 61.4 Å². The van der Waals surface area contributed by atoms with E-state index in [4.69, 9.17) is 0 Å². The molecule has 23 heavy (non-hydrogen) atoms. The molecule has 0 bridgehead atoms. The van der Waals surface area contributed by atoms with Crippen LogP contribution in [-0.2, 0) is 4.79 Å². The molecule has 1 aromatic rings. The summed E-state index contributed by atoms with van der Waals surface area (Å²) in [6, 6.07) is 7.35. The van der Waals surface area contributed by atoms with Crippen LogP contribution in [0.25, 0.3) is 0 Å². The van der Waals surface area contributed by atoms with Crippen molar-refractivity contribution >= 4 is 29.9 Å². The first kappa shape index (κ1) is 17.8. The summed E-state index contributed by atoms with van der Waals surface area (Å²) in [5, 5.41) is 6.32. The van der Waals surface area contributed by atoms with Gasteiger partial charge >= 0.3 is 0 Å². The number of nitrogens with zero attached hydrogens (tertiary/aromatic N) is 1. The lowest BCUT2D eigenvalue weighted by molar-refractivity contribution is -0.117. The smallest absolute Gasteiger partial charge is 0.251 e. The quantitative estimate of drug-likeness (QED) is 0.863. The van der Waals surface area contributed by atoms with E-state index in [0.717, 1.165) is 38.2 Å². The van der Waals surface area contributed by atoms with Crippen LogP contribution in [-0.4, -0.2) is 38.0 Å². The Morgan fingerprint density at radius 2 is 2.26 bits per heavy atom. The van der Waals surface area contributed by atoms with E-state index in [0.29, 0.717) is 24.4 Å². The highest BCUT2D eigenvalue weighted by Crippen LogP contribution is 2.22. The average molecular weight is 338 g/mol. The second kappa shape index (κ2) is 8.31. The first-order valence-corrected chi connectivity index (χ1v) is 8.13. The fraction of sp³-hybridized carbons (Fsp3) is 0.529. The Bertz CT molecular complexity index is 559. The van der Waals surface area contributed by atoms with Gasteiger partial charge in [0.05, 0.1) is 0 Å². The number of hydrogen-bond acceptors (Lipinski definition) is 3. The van der Waals surface area contributed by atoms with Crippen LogP contribution in [0.5, 0.6) is 0 Å². The third-order valence-electron chi connectivity index (χ3n) is 4.49. The number of benzene rings is 1. The third-order valence-corrected chi connectivity index (χ3v) is 4.49. The van der Waals surface area contributed by atoms with Crippen molar-refractivity contribution in [2.45, 2.75) is 25.7 Å². The Labute approximate surface area is 143 Å². The molecule has 126 valence electrons. The lowest BCUT2D eigenvalue weighted by Gasteiger charge is -2.16. The van der Waals surface area contributed by atoms with E-state index in [2.05, 4.69) is 10.6 Å². The number of rotatable bonds is 5. The van der Waals surface area contributed by atoms with Crippen LogP contribution in [0.2, 0.25) is 0 Å². The van der Waals surface area contributed by atoms with Gasteiger partial charge in [0.2, 0.25) is 5.91 Å². The summed E-state index contributed by atoms with van der Waals surface area (Å²) in [6.07, 6.45) is 3.71. The van der Waals surface area contributed by atoms with Crippen molar-refractivity contribution < 1.29 is 9.59 Å². The number of anilines is 1. The van der Waals surface area contributed by atoms with E-state index < -0.39 is 0 Å². The summed E-state index contributed by atoms with van der Waals surface area (Å²) < 4.78 is 0. The van der Waals surface area contributed by atoms with Crippen LogP contribution in [0.15, 0.2) is 24.3 Å². The lowest BCUT2D eigenvalue weighted by Crippen LogP contribution is -2.27. The number of halogens is 1. The van der Waals surface area contributed by atoms with Crippen molar-refractivity contribution in [1.29, 1.82) is 0 Å². The predicted molar refractivity (Wildman–Crippen MR) is 93.2 cm³/mol. The van der Waals surface area contributed by atoms with Gasteiger partial charge in [-0.1, -0.05) is 6.07 Å². The Morgan fingerprint density at radius 3 is 2.96 bits per heavy atom. The molecule has 2 amide bonds. The first-order chi connectivity index (χ1) is 10.7. The highest BCUT2D eigenvalue weighted by Gasteiger charge is 2.22. The minimum absolute atomic E-state index is 0. The molecule has 5 nitrogen and oxygen atoms in total. The molecule has 2 N–H and O–H groups in total. The van der Waals surface area contributed by atoms with Gasteiger partial charge < -0.3 is 15.5 Å². The summed E-state index contributed by atoms with van der Waals surface area (Å²) >= 11 is 0. The standard InChI is InChI=1S/C17H23N3O2.ClH/c21-16-5-2-10-20(16)15-4-1-3-14(11-15)17(22)19-9-7-13-6-8-18-12-13;/h1,3-4,11,13,18H,2,5-10,12H2,(H,19,22);1H. The molecule has 2 heterocycles. The monoisotopic (exact) mass is 337 g/mol. The molecule has 2 aliphatic rings. The van der Waals surface area contributed by atoms with Crippen molar-refractivity contribution in [2.24, 2.45) is 5.92 Å². The Kier molecular flexibility index (Phi) is 6.42. The van der Waals surface area contributed by atoms with Gasteiger partial charge in [-0.3, -0.25) is 9.59 Å². The molecule has 0 spiro atoms. The zero-order valence-electron chi connectivity index (χ0n) is 13.2. The van der Waals surface area contributed by atoms with Crippen molar-refractivity contribution in [3.05, 3.63) is 29.8 Å². The van der Waals surface area contributed by atoms with Gasteiger partial charge in [-0.25, -0.2) is 0 Å². The second-order valence-corrected chi connectivity index (χ2v) is 6.10. The van der Waals surface area contributed by atoms with Gasteiger partial charge in [0.15, 0.2) is 0 Å². The van der Waals surface area contributed by atoms with Gasteiger partial charge in [0.1, 0.15) is 0 Å². The highest BCUT2D eigenvalue weighted by molar-refractivity contribution is 5.99. The molecule has 6 heteroatoms. The summed E-state index contributed by atoms with van der Waals surface area (Å²) in [7, 11) is 0. The van der Waals surface area contributed by atoms with E-state index in [1.54, 1.807) is 11.0 Å². The van der Waals surface area contributed by atoms with E-state index >= 15 is 0 Å². The van der Waals surface area contributed by atoms with E-state index in [-0.39, 0.29) is 24.2 Å². The van der Waals surface area contributed by atoms with Crippen LogP contribution in [0.4, 0.5) is 5.69 Å². The fourth-order valence-corrected chi connectivity index (χ4v) is 3.19. The number of carbonyl (C=O) groups is 2. The summed E-state index contributed by atoms with van der Waals surface area (Å²) in [5.74, 6) is 0.764. The molecule has 3 rings (SSSR count). The average Bonchev–Trinajstić information content (AvgIpc) is 3.19. The molecular formula is C17H24ClN3O2. The zero-order valence-corrected chi connectivity index (χ0v) is 14.0. The van der Waals surface area contributed by atoms with E-state index in [1.807, 2.05) is 18.2 Å². The summed E-state index contributed by atoms with van der Waals surface area (Å²) in [6.45, 7) is 3.60. The second-order valence-electron chi connectivity index (χ2n) is 6.10. The number of carbonyl (C=O) groups excluding carboxylic acids is 2. The minimum atomic E-state index is -0.0561. The van der Waals surface area contributed by atoms with Gasteiger partial charge in [0.25, 0.3) is 5.91 Å².